The van der Waals surface area contributed by atoms with Crippen LogP contribution < -0.4 is 5.32 Å². The van der Waals surface area contributed by atoms with Crippen LogP contribution in [0.3, 0.4) is 0 Å². The van der Waals surface area contributed by atoms with E-state index in [1.165, 1.54) is 32.2 Å². The van der Waals surface area contributed by atoms with Gasteiger partial charge in [0.1, 0.15) is 0 Å². The van der Waals surface area contributed by atoms with Crippen LogP contribution in [0.25, 0.3) is 0 Å². The Morgan fingerprint density at radius 1 is 0.867 bits per heavy atom. The molecule has 2 unspecified atom stereocenters. The summed E-state index contributed by atoms with van der Waals surface area (Å²) in [5.41, 5.74) is 0. The second-order valence-electron chi connectivity index (χ2n) is 5.50. The van der Waals surface area contributed by atoms with Gasteiger partial charge in [0.15, 0.2) is 0 Å². The van der Waals surface area contributed by atoms with E-state index < -0.39 is 0 Å². The van der Waals surface area contributed by atoms with Crippen molar-refractivity contribution >= 4 is 0 Å². The van der Waals surface area contributed by atoms with E-state index in [9.17, 15) is 0 Å². The molecule has 0 aliphatic carbocycles. The summed E-state index contributed by atoms with van der Waals surface area (Å²) in [4.78, 5) is 0. The van der Waals surface area contributed by atoms with Crippen LogP contribution in [0, 0.1) is 17.8 Å². The van der Waals surface area contributed by atoms with Crippen molar-refractivity contribution in [1.29, 1.82) is 0 Å². The van der Waals surface area contributed by atoms with Crippen molar-refractivity contribution in [2.24, 2.45) is 17.8 Å². The standard InChI is InChI=1S/C14H31N/c1-6-7-8-9-13(4)14(5)11-15-10-12(2)3/h12-15H,6-11H2,1-5H3. The van der Waals surface area contributed by atoms with Crippen LogP contribution in [-0.4, -0.2) is 13.1 Å². The normalized spacial score (nSPS) is 15.6. The van der Waals surface area contributed by atoms with Gasteiger partial charge >= 0.3 is 0 Å². The Hall–Kier alpha value is -0.0400. The SMILES string of the molecule is CCCCCC(C)C(C)CNCC(C)C. The van der Waals surface area contributed by atoms with Gasteiger partial charge in [0.2, 0.25) is 0 Å². The summed E-state index contributed by atoms with van der Waals surface area (Å²) in [6, 6.07) is 0. The summed E-state index contributed by atoms with van der Waals surface area (Å²) in [6.45, 7) is 13.9. The third kappa shape index (κ3) is 8.92. The highest BCUT2D eigenvalue weighted by atomic mass is 14.9. The van der Waals surface area contributed by atoms with Crippen LogP contribution in [-0.2, 0) is 0 Å². The van der Waals surface area contributed by atoms with Crippen LogP contribution in [0.4, 0.5) is 0 Å². The first-order chi connectivity index (χ1) is 7.07. The Balaban J connectivity index is 3.46. The maximum atomic E-state index is 3.56. The second kappa shape index (κ2) is 9.21. The van der Waals surface area contributed by atoms with E-state index in [-0.39, 0.29) is 0 Å². The van der Waals surface area contributed by atoms with Crippen molar-refractivity contribution in [1.82, 2.24) is 5.32 Å². The molecule has 0 radical (unpaired) electrons. The topological polar surface area (TPSA) is 12.0 Å². The van der Waals surface area contributed by atoms with E-state index in [4.69, 9.17) is 0 Å². The molecule has 0 spiro atoms. The number of unbranched alkanes of at least 4 members (excludes halogenated alkanes) is 2. The molecule has 0 rings (SSSR count). The van der Waals surface area contributed by atoms with Gasteiger partial charge in [-0.1, -0.05) is 60.3 Å². The van der Waals surface area contributed by atoms with Crippen LogP contribution >= 0.6 is 0 Å². The highest BCUT2D eigenvalue weighted by molar-refractivity contribution is 4.65. The van der Waals surface area contributed by atoms with E-state index in [0.29, 0.717) is 0 Å². The fraction of sp³-hybridized carbons (Fsp3) is 1.00. The zero-order chi connectivity index (χ0) is 11.7. The lowest BCUT2D eigenvalue weighted by Gasteiger charge is -2.20. The lowest BCUT2D eigenvalue weighted by atomic mass is 9.90. The van der Waals surface area contributed by atoms with Crippen LogP contribution in [0.15, 0.2) is 0 Å². The van der Waals surface area contributed by atoms with E-state index in [0.717, 1.165) is 24.3 Å². The fourth-order valence-electron chi connectivity index (χ4n) is 1.80. The zero-order valence-corrected chi connectivity index (χ0v) is 11.5. The van der Waals surface area contributed by atoms with E-state index >= 15 is 0 Å². The smallest absolute Gasteiger partial charge is 0.00205 e. The quantitative estimate of drug-likeness (QED) is 0.569. The monoisotopic (exact) mass is 213 g/mol. The lowest BCUT2D eigenvalue weighted by molar-refractivity contribution is 0.332. The molecule has 0 heterocycles. The molecule has 1 N–H and O–H groups in total. The molecule has 0 amide bonds. The molecule has 1 nitrogen and oxygen atoms in total. The first-order valence-corrected chi connectivity index (χ1v) is 6.78. The van der Waals surface area contributed by atoms with Crippen molar-refractivity contribution < 1.29 is 0 Å². The Morgan fingerprint density at radius 3 is 2.07 bits per heavy atom. The average molecular weight is 213 g/mol. The highest BCUT2D eigenvalue weighted by Crippen LogP contribution is 2.17. The lowest BCUT2D eigenvalue weighted by Crippen LogP contribution is -2.28. The molecular formula is C14H31N. The van der Waals surface area contributed by atoms with Gasteiger partial charge in [0.25, 0.3) is 0 Å². The maximum Gasteiger partial charge on any atom is -0.00205 e. The first kappa shape index (κ1) is 15.0. The van der Waals surface area contributed by atoms with Gasteiger partial charge in [-0.05, 0) is 30.8 Å². The molecule has 0 saturated carbocycles. The third-order valence-electron chi connectivity index (χ3n) is 3.25. The van der Waals surface area contributed by atoms with Gasteiger partial charge in [-0.2, -0.15) is 0 Å². The Kier molecular flexibility index (Phi) is 9.18. The van der Waals surface area contributed by atoms with Crippen molar-refractivity contribution in [2.45, 2.75) is 60.3 Å². The van der Waals surface area contributed by atoms with Crippen molar-refractivity contribution in [3.63, 3.8) is 0 Å². The Bertz CT molecular complexity index is 131. The molecule has 1 heteroatoms. The van der Waals surface area contributed by atoms with Gasteiger partial charge < -0.3 is 5.32 Å². The van der Waals surface area contributed by atoms with Gasteiger partial charge in [-0.15, -0.1) is 0 Å². The van der Waals surface area contributed by atoms with E-state index in [2.05, 4.69) is 39.9 Å². The molecule has 2 atom stereocenters. The van der Waals surface area contributed by atoms with Crippen LogP contribution in [0.1, 0.15) is 60.3 Å². The van der Waals surface area contributed by atoms with Gasteiger partial charge in [0.05, 0.1) is 0 Å². The predicted molar refractivity (Wildman–Crippen MR) is 70.2 cm³/mol. The minimum absolute atomic E-state index is 0.771. The second-order valence-corrected chi connectivity index (χ2v) is 5.50. The summed E-state index contributed by atoms with van der Waals surface area (Å²) >= 11 is 0. The van der Waals surface area contributed by atoms with Crippen LogP contribution in [0.5, 0.6) is 0 Å². The molecule has 15 heavy (non-hydrogen) atoms. The summed E-state index contributed by atoms with van der Waals surface area (Å²) < 4.78 is 0. The average Bonchev–Trinajstić information content (AvgIpc) is 2.17. The number of rotatable bonds is 9. The molecule has 92 valence electrons. The number of hydrogen-bond acceptors (Lipinski definition) is 1. The molecule has 0 aromatic rings. The third-order valence-corrected chi connectivity index (χ3v) is 3.25. The molecule has 0 aromatic heterocycles. The van der Waals surface area contributed by atoms with Crippen molar-refractivity contribution in [2.75, 3.05) is 13.1 Å². The molecule has 0 fully saturated rings. The Labute approximate surface area is 97.0 Å². The van der Waals surface area contributed by atoms with Gasteiger partial charge in [-0.25, -0.2) is 0 Å². The minimum Gasteiger partial charge on any atom is -0.316 e. The maximum absolute atomic E-state index is 3.56. The molecular weight excluding hydrogens is 182 g/mol. The van der Waals surface area contributed by atoms with E-state index in [1.54, 1.807) is 0 Å². The summed E-state index contributed by atoms with van der Waals surface area (Å²) in [7, 11) is 0. The predicted octanol–water partition coefficient (Wildman–Crippen LogP) is 4.08. The van der Waals surface area contributed by atoms with Crippen molar-refractivity contribution in [3.8, 4) is 0 Å². The molecule has 0 bridgehead atoms. The number of nitrogens with one attached hydrogen (secondary N) is 1. The summed E-state index contributed by atoms with van der Waals surface area (Å²) in [5, 5.41) is 3.56. The molecule has 0 aliphatic rings. The number of hydrogen-bond donors (Lipinski definition) is 1. The fourth-order valence-corrected chi connectivity index (χ4v) is 1.80. The minimum atomic E-state index is 0.771. The van der Waals surface area contributed by atoms with Crippen LogP contribution in [0.2, 0.25) is 0 Å². The molecule has 0 aliphatic heterocycles. The molecule has 0 aromatic carbocycles. The van der Waals surface area contributed by atoms with Gasteiger partial charge in [0, 0.05) is 0 Å². The largest absolute Gasteiger partial charge is 0.316 e. The zero-order valence-electron chi connectivity index (χ0n) is 11.5. The highest BCUT2D eigenvalue weighted by Gasteiger charge is 2.11. The first-order valence-electron chi connectivity index (χ1n) is 6.78. The molecule has 0 saturated heterocycles. The summed E-state index contributed by atoms with van der Waals surface area (Å²) in [5.74, 6) is 2.46. The Morgan fingerprint density at radius 2 is 1.53 bits per heavy atom. The van der Waals surface area contributed by atoms with Gasteiger partial charge in [-0.3, -0.25) is 0 Å². The summed E-state index contributed by atoms with van der Waals surface area (Å²) in [6.07, 6.45) is 5.55. The van der Waals surface area contributed by atoms with Crippen molar-refractivity contribution in [3.05, 3.63) is 0 Å². The van der Waals surface area contributed by atoms with E-state index in [1.807, 2.05) is 0 Å².